The van der Waals surface area contributed by atoms with Crippen LogP contribution >= 0.6 is 38.5 Å². The average molecular weight is 460 g/mol. The quantitative estimate of drug-likeness (QED) is 0.672. The van der Waals surface area contributed by atoms with Gasteiger partial charge in [-0.05, 0) is 75.8 Å². The lowest BCUT2D eigenvalue weighted by molar-refractivity contribution is 0.0698. The Kier molecular flexibility index (Phi) is 5.00. The van der Waals surface area contributed by atoms with E-state index in [1.165, 1.54) is 6.07 Å². The molecule has 2 aromatic carbocycles. The van der Waals surface area contributed by atoms with Crippen molar-refractivity contribution in [2.75, 3.05) is 5.32 Å². The fourth-order valence-corrected chi connectivity index (χ4v) is 2.72. The molecule has 108 valence electrons. The molecule has 0 bridgehead atoms. The Hall–Kier alpha value is -1.41. The molecule has 6 heteroatoms. The summed E-state index contributed by atoms with van der Waals surface area (Å²) in [5.74, 6) is -1.43. The van der Waals surface area contributed by atoms with Crippen molar-refractivity contribution >= 4 is 56.1 Å². The van der Waals surface area contributed by atoms with E-state index >= 15 is 0 Å². The van der Waals surface area contributed by atoms with Gasteiger partial charge in [0.1, 0.15) is 0 Å². The van der Waals surface area contributed by atoms with E-state index in [2.05, 4.69) is 43.8 Å². The van der Waals surface area contributed by atoms with Gasteiger partial charge in [0, 0.05) is 8.04 Å². The van der Waals surface area contributed by atoms with E-state index in [0.29, 0.717) is 10.0 Å². The minimum Gasteiger partial charge on any atom is -0.478 e. The summed E-state index contributed by atoms with van der Waals surface area (Å²) in [5.41, 5.74) is 1.63. The molecule has 2 rings (SSSR count). The van der Waals surface area contributed by atoms with Crippen molar-refractivity contribution in [3.05, 3.63) is 61.1 Å². The lowest BCUT2D eigenvalue weighted by atomic mass is 10.1. The molecule has 0 atom stereocenters. The largest absolute Gasteiger partial charge is 0.478 e. The maximum absolute atomic E-state index is 12.3. The van der Waals surface area contributed by atoms with E-state index in [9.17, 15) is 14.7 Å². The first-order valence-electron chi connectivity index (χ1n) is 5.99. The first kappa shape index (κ1) is 16.0. The summed E-state index contributed by atoms with van der Waals surface area (Å²) < 4.78 is 1.58. The average Bonchev–Trinajstić information content (AvgIpc) is 2.43. The summed E-state index contributed by atoms with van der Waals surface area (Å²) in [7, 11) is 0. The van der Waals surface area contributed by atoms with Crippen LogP contribution in [0.1, 0.15) is 26.3 Å². The number of benzene rings is 2. The minimum atomic E-state index is -1.07. The third kappa shape index (κ3) is 3.82. The Labute approximate surface area is 143 Å². The van der Waals surface area contributed by atoms with E-state index in [-0.39, 0.29) is 17.2 Å². The van der Waals surface area contributed by atoms with Gasteiger partial charge >= 0.3 is 5.97 Å². The molecule has 0 unspecified atom stereocenters. The van der Waals surface area contributed by atoms with Crippen LogP contribution in [0, 0.1) is 10.5 Å². The van der Waals surface area contributed by atoms with Crippen molar-refractivity contribution in [2.45, 2.75) is 6.92 Å². The zero-order valence-electron chi connectivity index (χ0n) is 11.0. The summed E-state index contributed by atoms with van der Waals surface area (Å²) in [5, 5.41) is 11.9. The molecule has 0 radical (unpaired) electrons. The minimum absolute atomic E-state index is 0.0742. The van der Waals surface area contributed by atoms with Crippen molar-refractivity contribution in [1.29, 1.82) is 0 Å². The maximum atomic E-state index is 12.3. The number of halogens is 2. The molecule has 0 aliphatic heterocycles. The van der Waals surface area contributed by atoms with Gasteiger partial charge in [-0.2, -0.15) is 0 Å². The summed E-state index contributed by atoms with van der Waals surface area (Å²) in [4.78, 5) is 23.6. The smallest absolute Gasteiger partial charge is 0.337 e. The molecule has 2 aromatic rings. The number of carbonyl (C=O) groups excluding carboxylic acids is 1. The second-order valence-corrected chi connectivity index (χ2v) is 6.53. The zero-order valence-corrected chi connectivity index (χ0v) is 14.7. The van der Waals surface area contributed by atoms with Crippen molar-refractivity contribution < 1.29 is 14.7 Å². The number of aryl methyl sites for hydroxylation is 1. The van der Waals surface area contributed by atoms with Gasteiger partial charge in [-0.15, -0.1) is 0 Å². The van der Waals surface area contributed by atoms with Crippen molar-refractivity contribution in [1.82, 2.24) is 0 Å². The molecular formula is C15H11BrINO3. The van der Waals surface area contributed by atoms with Crippen LogP contribution in [0.3, 0.4) is 0 Å². The standard InChI is InChI=1S/C15H11BrINO3/c1-8-2-5-13(11(6-8)15(20)21)18-14(19)10-7-9(17)3-4-12(10)16/h2-7H,1H3,(H,18,19)(H,20,21). The van der Waals surface area contributed by atoms with Gasteiger partial charge in [-0.25, -0.2) is 4.79 Å². The highest BCUT2D eigenvalue weighted by atomic mass is 127. The molecular weight excluding hydrogens is 449 g/mol. The summed E-state index contributed by atoms with van der Waals surface area (Å²) in [6.07, 6.45) is 0. The molecule has 2 N–H and O–H groups in total. The number of hydrogen-bond acceptors (Lipinski definition) is 2. The van der Waals surface area contributed by atoms with Gasteiger partial charge in [0.15, 0.2) is 0 Å². The number of anilines is 1. The van der Waals surface area contributed by atoms with Crippen molar-refractivity contribution in [3.8, 4) is 0 Å². The number of nitrogens with one attached hydrogen (secondary N) is 1. The molecule has 0 saturated carbocycles. The second-order valence-electron chi connectivity index (χ2n) is 4.43. The number of carbonyl (C=O) groups is 2. The Balaban J connectivity index is 2.36. The van der Waals surface area contributed by atoms with Crippen LogP contribution in [-0.2, 0) is 0 Å². The zero-order chi connectivity index (χ0) is 15.6. The van der Waals surface area contributed by atoms with Gasteiger partial charge in [0.05, 0.1) is 16.8 Å². The highest BCUT2D eigenvalue weighted by Gasteiger charge is 2.15. The van der Waals surface area contributed by atoms with Crippen LogP contribution in [0.2, 0.25) is 0 Å². The molecule has 0 heterocycles. The van der Waals surface area contributed by atoms with Crippen molar-refractivity contribution in [3.63, 3.8) is 0 Å². The van der Waals surface area contributed by atoms with E-state index in [1.54, 1.807) is 31.2 Å². The third-order valence-corrected chi connectivity index (χ3v) is 4.19. The molecule has 0 aliphatic carbocycles. The van der Waals surface area contributed by atoms with E-state index in [4.69, 9.17) is 0 Å². The first-order valence-corrected chi connectivity index (χ1v) is 7.86. The van der Waals surface area contributed by atoms with Crippen LogP contribution in [0.15, 0.2) is 40.9 Å². The molecule has 0 fully saturated rings. The Bertz CT molecular complexity index is 731. The number of carboxylic acid groups (broad SMARTS) is 1. The Morgan fingerprint density at radius 3 is 2.52 bits per heavy atom. The normalized spacial score (nSPS) is 10.2. The predicted molar refractivity (Wildman–Crippen MR) is 93.0 cm³/mol. The van der Waals surface area contributed by atoms with Crippen molar-refractivity contribution in [2.24, 2.45) is 0 Å². The monoisotopic (exact) mass is 459 g/mol. The Morgan fingerprint density at radius 1 is 1.14 bits per heavy atom. The summed E-state index contributed by atoms with van der Waals surface area (Å²) in [6.45, 7) is 1.80. The topological polar surface area (TPSA) is 66.4 Å². The van der Waals surface area contributed by atoms with Gasteiger partial charge in [0.2, 0.25) is 0 Å². The molecule has 21 heavy (non-hydrogen) atoms. The molecule has 0 saturated heterocycles. The highest BCUT2D eigenvalue weighted by Crippen LogP contribution is 2.23. The highest BCUT2D eigenvalue weighted by molar-refractivity contribution is 14.1. The fraction of sp³-hybridized carbons (Fsp3) is 0.0667. The second kappa shape index (κ2) is 6.57. The number of amides is 1. The van der Waals surface area contributed by atoms with E-state index in [0.717, 1.165) is 9.13 Å². The summed E-state index contributed by atoms with van der Waals surface area (Å²) >= 11 is 5.44. The van der Waals surface area contributed by atoms with Crippen LogP contribution in [0.25, 0.3) is 0 Å². The maximum Gasteiger partial charge on any atom is 0.337 e. The third-order valence-electron chi connectivity index (χ3n) is 2.83. The van der Waals surface area contributed by atoms with Crippen LogP contribution < -0.4 is 5.32 Å². The molecule has 0 aliphatic rings. The SMILES string of the molecule is Cc1ccc(NC(=O)c2cc(I)ccc2Br)c(C(=O)O)c1. The predicted octanol–water partition coefficient (Wildman–Crippen LogP) is 4.31. The van der Waals surface area contributed by atoms with Crippen LogP contribution in [0.4, 0.5) is 5.69 Å². The number of hydrogen-bond donors (Lipinski definition) is 2. The molecule has 0 aromatic heterocycles. The van der Waals surface area contributed by atoms with E-state index in [1.807, 2.05) is 6.07 Å². The van der Waals surface area contributed by atoms with Crippen LogP contribution in [-0.4, -0.2) is 17.0 Å². The van der Waals surface area contributed by atoms with Gasteiger partial charge in [-0.1, -0.05) is 11.6 Å². The van der Waals surface area contributed by atoms with Crippen LogP contribution in [0.5, 0.6) is 0 Å². The van der Waals surface area contributed by atoms with Gasteiger partial charge in [0.25, 0.3) is 5.91 Å². The molecule has 4 nitrogen and oxygen atoms in total. The molecule has 1 amide bonds. The lowest BCUT2D eigenvalue weighted by Crippen LogP contribution is -2.15. The number of aromatic carboxylic acids is 1. The fourth-order valence-electron chi connectivity index (χ4n) is 1.81. The summed E-state index contributed by atoms with van der Waals surface area (Å²) in [6, 6.07) is 10.3. The van der Waals surface area contributed by atoms with Gasteiger partial charge < -0.3 is 10.4 Å². The van der Waals surface area contributed by atoms with Gasteiger partial charge in [-0.3, -0.25) is 4.79 Å². The first-order chi connectivity index (χ1) is 9.88. The Morgan fingerprint density at radius 2 is 1.86 bits per heavy atom. The van der Waals surface area contributed by atoms with E-state index < -0.39 is 5.97 Å². The number of rotatable bonds is 3. The lowest BCUT2D eigenvalue weighted by Gasteiger charge is -2.10. The number of carboxylic acids is 1. The molecule has 0 spiro atoms.